The summed E-state index contributed by atoms with van der Waals surface area (Å²) in [7, 11) is 10.1. The number of hydrogen-bond acceptors (Lipinski definition) is 6. The number of hydrogen-bond donors (Lipinski definition) is 0. The van der Waals surface area contributed by atoms with Gasteiger partial charge in [-0.2, -0.15) is 0 Å². The molecule has 12 heteroatoms. The van der Waals surface area contributed by atoms with E-state index in [0.29, 0.717) is 37.1 Å². The maximum absolute atomic E-state index is 10.7. The summed E-state index contributed by atoms with van der Waals surface area (Å²) in [5.41, 5.74) is 0. The summed E-state index contributed by atoms with van der Waals surface area (Å²) in [5.74, 6) is 1.10. The summed E-state index contributed by atoms with van der Waals surface area (Å²) >= 11 is 0. The van der Waals surface area contributed by atoms with E-state index < -0.39 is 10.7 Å². The minimum Gasteiger partial charge on any atom is -0.298 e. The topological polar surface area (TPSA) is 74.8 Å². The average Bonchev–Trinajstić information content (AvgIpc) is 2.37. The predicted octanol–water partition coefficient (Wildman–Crippen LogP) is -4.56. The quantitative estimate of drug-likeness (QED) is 0.166. The summed E-state index contributed by atoms with van der Waals surface area (Å²) in [6, 6.07) is 0. The van der Waals surface area contributed by atoms with E-state index in [2.05, 4.69) is 0 Å². The van der Waals surface area contributed by atoms with Gasteiger partial charge in [0.15, 0.2) is 0 Å². The third kappa shape index (κ3) is 5.70. The van der Waals surface area contributed by atoms with Crippen molar-refractivity contribution >= 4 is 78.6 Å². The molecule has 0 heterocycles. The van der Waals surface area contributed by atoms with Crippen LogP contribution < -0.4 is 0 Å². The molecule has 0 aliphatic heterocycles. The summed E-state index contributed by atoms with van der Waals surface area (Å²) in [6.45, 7) is 0. The molecule has 0 unspecified atom stereocenters. The molecule has 0 saturated carbocycles. The molecule has 0 bridgehead atoms. The Morgan fingerprint density at radius 3 is 1.15 bits per heavy atom. The highest BCUT2D eigenvalue weighted by molar-refractivity contribution is 8.76. The van der Waals surface area contributed by atoms with Crippen LogP contribution in [0.3, 0.4) is 0 Å². The van der Waals surface area contributed by atoms with Crippen molar-refractivity contribution in [3.8, 4) is 0 Å². The van der Waals surface area contributed by atoms with E-state index in [1.165, 1.54) is 21.6 Å². The molecule has 106 valence electrons. The lowest BCUT2D eigenvalue weighted by molar-refractivity contribution is -0.132. The average molecular weight is 312 g/mol. The van der Waals surface area contributed by atoms with Gasteiger partial charge >= 0.3 is 0 Å². The summed E-state index contributed by atoms with van der Waals surface area (Å²) in [5, 5.41) is -1.17. The summed E-state index contributed by atoms with van der Waals surface area (Å²) in [6.07, 6.45) is 2.01. The van der Waals surface area contributed by atoms with Crippen molar-refractivity contribution in [3.05, 3.63) is 0 Å². The molecule has 4 amide bonds. The minimum atomic E-state index is -0.583. The normalized spacial score (nSPS) is 11.4. The van der Waals surface area contributed by atoms with Crippen LogP contribution in [0.15, 0.2) is 0 Å². The smallest absolute Gasteiger partial charge is 0.215 e. The Balaban J connectivity index is 4.32. The van der Waals surface area contributed by atoms with Gasteiger partial charge in [0.25, 0.3) is 0 Å². The highest BCUT2D eigenvalue weighted by Crippen LogP contribution is 2.28. The second-order valence-electron chi connectivity index (χ2n) is 5.39. The van der Waals surface area contributed by atoms with Crippen LogP contribution in [0.25, 0.3) is 0 Å². The summed E-state index contributed by atoms with van der Waals surface area (Å²) in [4.78, 5) is 45.1. The van der Waals surface area contributed by atoms with E-state index in [4.69, 9.17) is 0 Å². The molecule has 0 N–H and O–H groups in total. The lowest BCUT2D eigenvalue weighted by atomic mass is 9.62. The Bertz CT molecular complexity index is 322. The van der Waals surface area contributed by atoms with Crippen LogP contribution in [-0.4, -0.2) is 89.0 Å². The second kappa shape index (κ2) is 8.51. The highest BCUT2D eigenvalue weighted by atomic mass is 33.1. The Hall–Kier alpha value is -0.760. The number of carbonyl (C=O) groups is 4. The number of amides is 4. The first-order valence-corrected chi connectivity index (χ1v) is 8.36. The molecule has 0 radical (unpaired) electrons. The van der Waals surface area contributed by atoms with Crippen LogP contribution in [0, 0.1) is 0 Å². The molecular weight excluding hydrogens is 295 g/mol. The fraction of sp³-hybridized carbons (Fsp3) is 0.500. The van der Waals surface area contributed by atoms with E-state index >= 15 is 0 Å². The second-order valence-corrected chi connectivity index (χ2v) is 7.85. The first kappa shape index (κ1) is 19.2. The van der Waals surface area contributed by atoms with Gasteiger partial charge in [0.1, 0.15) is 31.4 Å². The van der Waals surface area contributed by atoms with Crippen LogP contribution >= 0.6 is 21.6 Å². The zero-order valence-corrected chi connectivity index (χ0v) is 13.7. The van der Waals surface area contributed by atoms with E-state index in [0.717, 1.165) is 9.80 Å². The van der Waals surface area contributed by atoms with E-state index in [-0.39, 0.29) is 0 Å². The number of nitrogens with zero attached hydrogens (tertiary/aromatic N) is 2. The zero-order valence-electron chi connectivity index (χ0n) is 12.1. The van der Waals surface area contributed by atoms with Gasteiger partial charge in [-0.3, -0.25) is 29.0 Å². The molecule has 20 heavy (non-hydrogen) atoms. The third-order valence-corrected chi connectivity index (χ3v) is 5.78. The van der Waals surface area contributed by atoms with Crippen LogP contribution in [0.2, 0.25) is 0 Å². The Labute approximate surface area is 130 Å². The first-order valence-electron chi connectivity index (χ1n) is 5.87. The predicted molar refractivity (Wildman–Crippen MR) is 92.5 cm³/mol. The fourth-order valence-corrected chi connectivity index (χ4v) is 4.41. The van der Waals surface area contributed by atoms with E-state index in [9.17, 15) is 19.2 Å². The molecule has 0 aromatic carbocycles. The molecule has 6 nitrogen and oxygen atoms in total. The fourth-order valence-electron chi connectivity index (χ4n) is 1.14. The maximum Gasteiger partial charge on any atom is 0.215 e. The van der Waals surface area contributed by atoms with Gasteiger partial charge in [0, 0.05) is 11.5 Å². The molecule has 0 rings (SSSR count). The molecule has 0 aliphatic carbocycles. The molecule has 0 spiro atoms. The molecule has 0 aromatic rings. The summed E-state index contributed by atoms with van der Waals surface area (Å²) < 4.78 is 0. The number of carbonyl (C=O) groups excluding carboxylic acids is 4. The molecule has 0 atom stereocenters. The van der Waals surface area contributed by atoms with Crippen LogP contribution in [0.5, 0.6) is 0 Å². The molecule has 0 aliphatic rings. The standard InChI is InChI=1S/C8H16B4N2O4S2/c9-7(10,13(3-15)4-16)1-19-20-2-8(11,12)14(5-17)6-18/h3-6H,1-2,9-12H2. The van der Waals surface area contributed by atoms with E-state index in [1.807, 2.05) is 0 Å². The Morgan fingerprint density at radius 2 is 0.950 bits per heavy atom. The van der Waals surface area contributed by atoms with Crippen LogP contribution in [0.1, 0.15) is 0 Å². The van der Waals surface area contributed by atoms with Gasteiger partial charge < -0.3 is 0 Å². The maximum atomic E-state index is 10.7. The van der Waals surface area contributed by atoms with Gasteiger partial charge in [-0.25, -0.2) is 0 Å². The molecular formula is C8H16B4N2O4S2. The van der Waals surface area contributed by atoms with Gasteiger partial charge in [-0.05, 0) is 10.7 Å². The van der Waals surface area contributed by atoms with Crippen molar-refractivity contribution in [1.29, 1.82) is 0 Å². The Morgan fingerprint density at radius 1 is 0.700 bits per heavy atom. The molecule has 0 fully saturated rings. The minimum absolute atomic E-state index is 0.503. The monoisotopic (exact) mass is 312 g/mol. The number of imide groups is 2. The highest BCUT2D eigenvalue weighted by Gasteiger charge is 2.28. The van der Waals surface area contributed by atoms with Crippen molar-refractivity contribution < 1.29 is 19.2 Å². The first-order chi connectivity index (χ1) is 9.25. The van der Waals surface area contributed by atoms with Crippen molar-refractivity contribution in [1.82, 2.24) is 9.80 Å². The largest absolute Gasteiger partial charge is 0.298 e. The van der Waals surface area contributed by atoms with Crippen molar-refractivity contribution in [2.75, 3.05) is 11.5 Å². The van der Waals surface area contributed by atoms with Crippen molar-refractivity contribution in [3.63, 3.8) is 0 Å². The van der Waals surface area contributed by atoms with Gasteiger partial charge in [0.05, 0.1) is 0 Å². The van der Waals surface area contributed by atoms with Gasteiger partial charge in [0.2, 0.25) is 25.6 Å². The third-order valence-electron chi connectivity index (χ3n) is 2.76. The molecule has 0 aromatic heterocycles. The lowest BCUT2D eigenvalue weighted by Crippen LogP contribution is -2.51. The Kier molecular flexibility index (Phi) is 8.19. The molecule has 0 saturated heterocycles. The van der Waals surface area contributed by atoms with Crippen molar-refractivity contribution in [2.45, 2.75) is 10.7 Å². The van der Waals surface area contributed by atoms with Gasteiger partial charge in [-0.1, -0.05) is 21.6 Å². The van der Waals surface area contributed by atoms with Crippen molar-refractivity contribution in [2.24, 2.45) is 0 Å². The number of rotatable bonds is 11. The zero-order chi connectivity index (χ0) is 15.8. The SMILES string of the molecule is BC(B)(CSSCC(B)(B)N(C=O)C=O)N(C=O)C=O. The van der Waals surface area contributed by atoms with E-state index in [1.54, 1.807) is 31.4 Å². The van der Waals surface area contributed by atoms with Crippen LogP contribution in [-0.2, 0) is 19.2 Å². The van der Waals surface area contributed by atoms with Crippen LogP contribution in [0.4, 0.5) is 0 Å². The lowest BCUT2D eigenvalue weighted by Gasteiger charge is -2.33. The van der Waals surface area contributed by atoms with Gasteiger partial charge in [-0.15, -0.1) is 0 Å².